The van der Waals surface area contributed by atoms with E-state index in [0.717, 1.165) is 11.3 Å². The van der Waals surface area contributed by atoms with Crippen LogP contribution in [0.1, 0.15) is 12.5 Å². The quantitative estimate of drug-likeness (QED) is 0.277. The average Bonchev–Trinajstić information content (AvgIpc) is 3.30. The largest absolute Gasteiger partial charge is 0.497 e. The highest BCUT2D eigenvalue weighted by atomic mass is 32.2. The summed E-state index contributed by atoms with van der Waals surface area (Å²) in [7, 11) is 1.61. The van der Waals surface area contributed by atoms with Crippen molar-refractivity contribution in [1.29, 1.82) is 0 Å². The molecule has 0 radical (unpaired) electrons. The van der Waals surface area contributed by atoms with Crippen LogP contribution in [0, 0.1) is 0 Å². The molecule has 4 aromatic rings. The summed E-state index contributed by atoms with van der Waals surface area (Å²) < 4.78 is 13.0. The van der Waals surface area contributed by atoms with Crippen molar-refractivity contribution in [3.8, 4) is 11.5 Å². The molecule has 0 saturated carbocycles. The zero-order valence-electron chi connectivity index (χ0n) is 18.2. The molecule has 0 unspecified atom stereocenters. The Morgan fingerprint density at radius 2 is 1.94 bits per heavy atom. The van der Waals surface area contributed by atoms with Crippen LogP contribution in [-0.2, 0) is 11.3 Å². The molecule has 2 heterocycles. The zero-order valence-corrected chi connectivity index (χ0v) is 19.9. The highest BCUT2D eigenvalue weighted by Gasteiger charge is 2.15. The number of nitrogens with one attached hydrogen (secondary N) is 1. The van der Waals surface area contributed by atoms with E-state index in [2.05, 4.69) is 10.3 Å². The topological polar surface area (TPSA) is 82.5 Å². The van der Waals surface area contributed by atoms with Crippen molar-refractivity contribution in [2.75, 3.05) is 24.8 Å². The van der Waals surface area contributed by atoms with E-state index in [1.165, 1.54) is 23.1 Å². The van der Waals surface area contributed by atoms with E-state index in [9.17, 15) is 9.59 Å². The number of aromatic nitrogens is 2. The first kappa shape index (κ1) is 22.9. The van der Waals surface area contributed by atoms with Crippen molar-refractivity contribution in [2.24, 2.45) is 0 Å². The number of hydrogen-bond acceptors (Lipinski definition) is 7. The second-order valence-corrected chi connectivity index (χ2v) is 8.89. The summed E-state index contributed by atoms with van der Waals surface area (Å²) >= 11 is 2.60. The number of carbonyl (C=O) groups is 1. The van der Waals surface area contributed by atoms with Crippen molar-refractivity contribution >= 4 is 44.9 Å². The molecule has 0 aliphatic carbocycles. The number of amides is 1. The van der Waals surface area contributed by atoms with Gasteiger partial charge in [-0.3, -0.25) is 14.2 Å². The number of carbonyl (C=O) groups excluding carboxylic acids is 1. The van der Waals surface area contributed by atoms with Gasteiger partial charge in [-0.1, -0.05) is 36.0 Å². The fraction of sp³-hybridized carbons (Fsp3) is 0.208. The first-order chi connectivity index (χ1) is 16.1. The van der Waals surface area contributed by atoms with Crippen LogP contribution < -0.4 is 20.3 Å². The van der Waals surface area contributed by atoms with Gasteiger partial charge in [0.1, 0.15) is 16.2 Å². The normalized spacial score (nSPS) is 10.8. The molecule has 0 saturated heterocycles. The van der Waals surface area contributed by atoms with Gasteiger partial charge in [0.2, 0.25) is 5.91 Å². The van der Waals surface area contributed by atoms with Crippen molar-refractivity contribution < 1.29 is 14.3 Å². The molecule has 170 valence electrons. The van der Waals surface area contributed by atoms with Gasteiger partial charge < -0.3 is 14.8 Å². The molecule has 0 aliphatic heterocycles. The Balaban J connectivity index is 1.56. The van der Waals surface area contributed by atoms with Gasteiger partial charge in [0.05, 0.1) is 37.2 Å². The standard InChI is InChI=1S/C24H23N3O4S2/c1-3-31-20-7-5-4-6-18(20)25-21(28)15-33-24-26-19-12-13-32-22(19)23(29)27(24)14-16-8-10-17(30-2)11-9-16/h4-13H,3,14-15H2,1-2H3,(H,25,28). The molecule has 4 rings (SSSR count). The zero-order chi connectivity index (χ0) is 23.2. The fourth-order valence-electron chi connectivity index (χ4n) is 3.25. The SMILES string of the molecule is CCOc1ccccc1NC(=O)CSc1nc2ccsc2c(=O)n1Cc1ccc(OC)cc1. The van der Waals surface area contributed by atoms with Crippen molar-refractivity contribution in [3.63, 3.8) is 0 Å². The minimum atomic E-state index is -0.206. The van der Waals surface area contributed by atoms with Gasteiger partial charge in [-0.25, -0.2) is 4.98 Å². The molecule has 0 aliphatic rings. The predicted molar refractivity (Wildman–Crippen MR) is 133 cm³/mol. The van der Waals surface area contributed by atoms with Gasteiger partial charge in [-0.2, -0.15) is 0 Å². The maximum Gasteiger partial charge on any atom is 0.272 e. The second kappa shape index (κ2) is 10.5. The first-order valence-corrected chi connectivity index (χ1v) is 12.2. The summed E-state index contributed by atoms with van der Waals surface area (Å²) in [5.74, 6) is 1.26. The number of hydrogen-bond donors (Lipinski definition) is 1. The third kappa shape index (κ3) is 5.37. The Labute approximate surface area is 199 Å². The van der Waals surface area contributed by atoms with E-state index in [1.807, 2.05) is 60.8 Å². The maximum atomic E-state index is 13.2. The molecule has 0 fully saturated rings. The second-order valence-electron chi connectivity index (χ2n) is 7.03. The lowest BCUT2D eigenvalue weighted by atomic mass is 10.2. The van der Waals surface area contributed by atoms with Crippen molar-refractivity contribution in [3.05, 3.63) is 75.9 Å². The van der Waals surface area contributed by atoms with Crippen LogP contribution in [-0.4, -0.2) is 34.9 Å². The Hall–Kier alpha value is -3.30. The molecular weight excluding hydrogens is 458 g/mol. The van der Waals surface area contributed by atoms with E-state index in [1.54, 1.807) is 17.7 Å². The molecule has 2 aromatic heterocycles. The van der Waals surface area contributed by atoms with Gasteiger partial charge in [0, 0.05) is 0 Å². The number of para-hydroxylation sites is 2. The minimum absolute atomic E-state index is 0.102. The Kier molecular flexibility index (Phi) is 7.31. The highest BCUT2D eigenvalue weighted by molar-refractivity contribution is 7.99. The molecule has 0 bridgehead atoms. The lowest BCUT2D eigenvalue weighted by molar-refractivity contribution is -0.113. The highest BCUT2D eigenvalue weighted by Crippen LogP contribution is 2.25. The summed E-state index contributed by atoms with van der Waals surface area (Å²) in [6.45, 7) is 2.74. The summed E-state index contributed by atoms with van der Waals surface area (Å²) in [5, 5.41) is 5.23. The van der Waals surface area contributed by atoms with Crippen LogP contribution in [0.5, 0.6) is 11.5 Å². The van der Waals surface area contributed by atoms with E-state index in [-0.39, 0.29) is 17.2 Å². The summed E-state index contributed by atoms with van der Waals surface area (Å²) in [5.41, 5.74) is 2.07. The molecule has 1 N–H and O–H groups in total. The molecular formula is C24H23N3O4S2. The molecule has 1 amide bonds. The molecule has 0 atom stereocenters. The Bertz CT molecular complexity index is 1320. The number of fused-ring (bicyclic) bond motifs is 1. The van der Waals surface area contributed by atoms with Gasteiger partial charge in [0.25, 0.3) is 5.56 Å². The number of rotatable bonds is 9. The van der Waals surface area contributed by atoms with Gasteiger partial charge in [-0.15, -0.1) is 11.3 Å². The number of methoxy groups -OCH3 is 1. The molecule has 9 heteroatoms. The average molecular weight is 482 g/mol. The van der Waals surface area contributed by atoms with Crippen LogP contribution >= 0.6 is 23.1 Å². The van der Waals surface area contributed by atoms with Crippen LogP contribution in [0.3, 0.4) is 0 Å². The summed E-state index contributed by atoms with van der Waals surface area (Å²) in [6.07, 6.45) is 0. The van der Waals surface area contributed by atoms with Crippen molar-refractivity contribution in [2.45, 2.75) is 18.6 Å². The molecule has 0 spiro atoms. The fourth-order valence-corrected chi connectivity index (χ4v) is 4.83. The monoisotopic (exact) mass is 481 g/mol. The third-order valence-electron chi connectivity index (χ3n) is 4.82. The number of benzene rings is 2. The number of ether oxygens (including phenoxy) is 2. The number of anilines is 1. The van der Waals surface area contributed by atoms with E-state index in [4.69, 9.17) is 9.47 Å². The van der Waals surface area contributed by atoms with Gasteiger partial charge in [0.15, 0.2) is 5.16 Å². The number of thiophene rings is 1. The smallest absolute Gasteiger partial charge is 0.272 e. The Morgan fingerprint density at radius 3 is 2.70 bits per heavy atom. The lowest BCUT2D eigenvalue weighted by Gasteiger charge is -2.13. The number of nitrogens with zero attached hydrogens (tertiary/aromatic N) is 2. The van der Waals surface area contributed by atoms with Crippen LogP contribution in [0.15, 0.2) is 69.9 Å². The maximum absolute atomic E-state index is 13.2. The van der Waals surface area contributed by atoms with E-state index < -0.39 is 0 Å². The first-order valence-electron chi connectivity index (χ1n) is 10.3. The van der Waals surface area contributed by atoms with Crippen LogP contribution in [0.2, 0.25) is 0 Å². The lowest BCUT2D eigenvalue weighted by Crippen LogP contribution is -2.24. The summed E-state index contributed by atoms with van der Waals surface area (Å²) in [6, 6.07) is 16.7. The van der Waals surface area contributed by atoms with Gasteiger partial charge in [-0.05, 0) is 48.2 Å². The molecule has 33 heavy (non-hydrogen) atoms. The molecule has 7 nitrogen and oxygen atoms in total. The van der Waals surface area contributed by atoms with Crippen LogP contribution in [0.25, 0.3) is 10.2 Å². The molecule has 2 aromatic carbocycles. The van der Waals surface area contributed by atoms with Gasteiger partial charge >= 0.3 is 0 Å². The van der Waals surface area contributed by atoms with Crippen molar-refractivity contribution in [1.82, 2.24) is 9.55 Å². The number of thioether (sulfide) groups is 1. The summed E-state index contributed by atoms with van der Waals surface area (Å²) in [4.78, 5) is 30.5. The third-order valence-corrected chi connectivity index (χ3v) is 6.69. The van der Waals surface area contributed by atoms with E-state index >= 15 is 0 Å². The van der Waals surface area contributed by atoms with Crippen LogP contribution in [0.4, 0.5) is 5.69 Å². The minimum Gasteiger partial charge on any atom is -0.497 e. The van der Waals surface area contributed by atoms with E-state index in [0.29, 0.717) is 40.0 Å². The predicted octanol–water partition coefficient (Wildman–Crippen LogP) is 4.64. The Morgan fingerprint density at radius 1 is 1.15 bits per heavy atom.